The van der Waals surface area contributed by atoms with Crippen LogP contribution in [0.15, 0.2) is 36.9 Å². The summed E-state index contributed by atoms with van der Waals surface area (Å²) in [7, 11) is 0. The van der Waals surface area contributed by atoms with Crippen molar-refractivity contribution >= 4 is 23.5 Å². The van der Waals surface area contributed by atoms with E-state index in [-0.39, 0.29) is 0 Å². The van der Waals surface area contributed by atoms with Gasteiger partial charge >= 0.3 is 0 Å². The van der Waals surface area contributed by atoms with Crippen LogP contribution in [0, 0.1) is 0 Å². The van der Waals surface area contributed by atoms with Crippen LogP contribution in [0.3, 0.4) is 0 Å². The van der Waals surface area contributed by atoms with E-state index in [4.69, 9.17) is 0 Å². The highest BCUT2D eigenvalue weighted by Gasteiger charge is 2.17. The lowest BCUT2D eigenvalue weighted by molar-refractivity contribution is 1.00. The lowest BCUT2D eigenvalue weighted by atomic mass is 10.1. The van der Waals surface area contributed by atoms with Crippen molar-refractivity contribution in [2.45, 2.75) is 17.4 Å². The quantitative estimate of drug-likeness (QED) is 0.716. The van der Waals surface area contributed by atoms with E-state index in [0.717, 1.165) is 12.8 Å². The summed E-state index contributed by atoms with van der Waals surface area (Å²) in [5, 5.41) is 0. The normalized spacial score (nSPS) is 16.8. The molecule has 15 heavy (non-hydrogen) atoms. The number of benzene rings is 1. The third kappa shape index (κ3) is 3.05. The largest absolute Gasteiger partial charge is 0.142 e. The van der Waals surface area contributed by atoms with Crippen LogP contribution >= 0.6 is 23.5 Å². The molecule has 80 valence electrons. The summed E-state index contributed by atoms with van der Waals surface area (Å²) in [6.45, 7) is 3.75. The van der Waals surface area contributed by atoms with Crippen LogP contribution in [0.25, 0.3) is 0 Å². The van der Waals surface area contributed by atoms with Gasteiger partial charge in [-0.25, -0.2) is 0 Å². The van der Waals surface area contributed by atoms with Crippen LogP contribution < -0.4 is 0 Å². The molecule has 0 spiro atoms. The van der Waals surface area contributed by atoms with Crippen LogP contribution in [0.1, 0.15) is 22.1 Å². The van der Waals surface area contributed by atoms with Gasteiger partial charge in [-0.3, -0.25) is 0 Å². The van der Waals surface area contributed by atoms with Gasteiger partial charge in [0.2, 0.25) is 0 Å². The number of hydrogen-bond donors (Lipinski definition) is 0. The third-order valence-corrected chi connectivity index (χ3v) is 5.62. The molecule has 0 atom stereocenters. The van der Waals surface area contributed by atoms with Crippen molar-refractivity contribution in [1.29, 1.82) is 0 Å². The Balaban J connectivity index is 1.99. The van der Waals surface area contributed by atoms with Gasteiger partial charge in [-0.2, -0.15) is 0 Å². The van der Waals surface area contributed by atoms with Crippen molar-refractivity contribution in [2.75, 3.05) is 11.5 Å². The molecule has 0 aliphatic carbocycles. The topological polar surface area (TPSA) is 0 Å². The van der Waals surface area contributed by atoms with E-state index in [1.165, 1.54) is 22.6 Å². The molecule has 0 unspecified atom stereocenters. The molecule has 1 aliphatic rings. The highest BCUT2D eigenvalue weighted by molar-refractivity contribution is 8.19. The second-order valence-corrected chi connectivity index (χ2v) is 6.37. The first kappa shape index (κ1) is 11.2. The summed E-state index contributed by atoms with van der Waals surface area (Å²) < 4.78 is 0.679. The van der Waals surface area contributed by atoms with Gasteiger partial charge in [-0.1, -0.05) is 30.3 Å². The molecule has 0 radical (unpaired) electrons. The highest BCUT2D eigenvalue weighted by Crippen LogP contribution is 2.45. The SMILES string of the molecule is C=CCCc1ccc(C2SCCS2)cc1. The Labute approximate surface area is 101 Å². The fourth-order valence-electron chi connectivity index (χ4n) is 1.66. The molecule has 0 N–H and O–H groups in total. The van der Waals surface area contributed by atoms with E-state index in [1.807, 2.05) is 6.08 Å². The van der Waals surface area contributed by atoms with Crippen molar-refractivity contribution in [1.82, 2.24) is 0 Å². The van der Waals surface area contributed by atoms with E-state index >= 15 is 0 Å². The van der Waals surface area contributed by atoms with Gasteiger partial charge in [0.05, 0.1) is 4.58 Å². The fraction of sp³-hybridized carbons (Fsp3) is 0.385. The number of thioether (sulfide) groups is 2. The van der Waals surface area contributed by atoms with E-state index in [0.29, 0.717) is 4.58 Å². The Bertz CT molecular complexity index is 310. The minimum Gasteiger partial charge on any atom is -0.142 e. The standard InChI is InChI=1S/C13H16S2/c1-2-3-4-11-5-7-12(8-6-11)13-14-9-10-15-13/h2,5-8,13H,1,3-4,9-10H2. The summed E-state index contributed by atoms with van der Waals surface area (Å²) >= 11 is 4.13. The maximum atomic E-state index is 3.75. The fourth-order valence-corrected chi connectivity index (χ4v) is 4.52. The molecular formula is C13H16S2. The molecule has 1 saturated heterocycles. The molecule has 2 rings (SSSR count). The Morgan fingerprint density at radius 3 is 2.47 bits per heavy atom. The van der Waals surface area contributed by atoms with Crippen molar-refractivity contribution in [3.63, 3.8) is 0 Å². The van der Waals surface area contributed by atoms with Gasteiger partial charge in [0, 0.05) is 11.5 Å². The molecule has 1 aromatic rings. The van der Waals surface area contributed by atoms with Gasteiger partial charge < -0.3 is 0 Å². The van der Waals surface area contributed by atoms with Gasteiger partial charge in [0.1, 0.15) is 0 Å². The first-order valence-electron chi connectivity index (χ1n) is 5.33. The summed E-state index contributed by atoms with van der Waals surface area (Å²) in [4.78, 5) is 0. The maximum absolute atomic E-state index is 3.75. The Morgan fingerprint density at radius 2 is 1.87 bits per heavy atom. The van der Waals surface area contributed by atoms with Crippen LogP contribution in [0.4, 0.5) is 0 Å². The van der Waals surface area contributed by atoms with Gasteiger partial charge in [-0.05, 0) is 24.0 Å². The number of aryl methyl sites for hydroxylation is 1. The van der Waals surface area contributed by atoms with Crippen LogP contribution in [-0.4, -0.2) is 11.5 Å². The molecule has 0 aromatic heterocycles. The molecule has 1 heterocycles. The second-order valence-electron chi connectivity index (χ2n) is 3.64. The molecular weight excluding hydrogens is 220 g/mol. The first-order chi connectivity index (χ1) is 7.40. The predicted octanol–water partition coefficient (Wildman–Crippen LogP) is 4.28. The zero-order valence-corrected chi connectivity index (χ0v) is 10.4. The monoisotopic (exact) mass is 236 g/mol. The molecule has 0 nitrogen and oxygen atoms in total. The van der Waals surface area contributed by atoms with Crippen LogP contribution in [0.2, 0.25) is 0 Å². The van der Waals surface area contributed by atoms with E-state index in [9.17, 15) is 0 Å². The van der Waals surface area contributed by atoms with E-state index in [1.54, 1.807) is 0 Å². The Morgan fingerprint density at radius 1 is 1.20 bits per heavy atom. The van der Waals surface area contributed by atoms with Gasteiger partial charge in [-0.15, -0.1) is 30.1 Å². The number of hydrogen-bond acceptors (Lipinski definition) is 2. The zero-order valence-electron chi connectivity index (χ0n) is 8.82. The lowest BCUT2D eigenvalue weighted by Crippen LogP contribution is -1.87. The molecule has 1 aliphatic heterocycles. The second kappa shape index (κ2) is 5.66. The van der Waals surface area contributed by atoms with Gasteiger partial charge in [0.15, 0.2) is 0 Å². The predicted molar refractivity (Wildman–Crippen MR) is 72.6 cm³/mol. The lowest BCUT2D eigenvalue weighted by Gasteiger charge is -2.08. The summed E-state index contributed by atoms with van der Waals surface area (Å²) in [6, 6.07) is 9.10. The van der Waals surface area contributed by atoms with Crippen LogP contribution in [0.5, 0.6) is 0 Å². The average molecular weight is 236 g/mol. The number of rotatable bonds is 4. The molecule has 1 aromatic carbocycles. The maximum Gasteiger partial charge on any atom is 0.0751 e. The molecule has 0 amide bonds. The Kier molecular flexibility index (Phi) is 4.21. The molecule has 1 fully saturated rings. The van der Waals surface area contributed by atoms with E-state index in [2.05, 4.69) is 54.4 Å². The van der Waals surface area contributed by atoms with E-state index < -0.39 is 0 Å². The first-order valence-corrected chi connectivity index (χ1v) is 7.43. The molecule has 2 heteroatoms. The Hall–Kier alpha value is -0.340. The zero-order chi connectivity index (χ0) is 10.5. The minimum absolute atomic E-state index is 0.679. The number of allylic oxidation sites excluding steroid dienone is 1. The summed E-state index contributed by atoms with van der Waals surface area (Å²) in [5.74, 6) is 2.60. The average Bonchev–Trinajstić information content (AvgIpc) is 2.80. The van der Waals surface area contributed by atoms with Crippen molar-refractivity contribution in [3.05, 3.63) is 48.0 Å². The van der Waals surface area contributed by atoms with Crippen molar-refractivity contribution in [2.24, 2.45) is 0 Å². The summed E-state index contributed by atoms with van der Waals surface area (Å²) in [5.41, 5.74) is 2.90. The van der Waals surface area contributed by atoms with Gasteiger partial charge in [0.25, 0.3) is 0 Å². The van der Waals surface area contributed by atoms with Crippen molar-refractivity contribution in [3.8, 4) is 0 Å². The minimum atomic E-state index is 0.679. The molecule has 0 bridgehead atoms. The molecule has 0 saturated carbocycles. The highest BCUT2D eigenvalue weighted by atomic mass is 32.2. The smallest absolute Gasteiger partial charge is 0.0751 e. The summed E-state index contributed by atoms with van der Waals surface area (Å²) in [6.07, 6.45) is 4.18. The van der Waals surface area contributed by atoms with Crippen molar-refractivity contribution < 1.29 is 0 Å². The third-order valence-electron chi connectivity index (χ3n) is 2.51. The van der Waals surface area contributed by atoms with Crippen LogP contribution in [-0.2, 0) is 6.42 Å².